The van der Waals surface area contributed by atoms with Gasteiger partial charge < -0.3 is 0 Å². The van der Waals surface area contributed by atoms with E-state index >= 15 is 0 Å². The first kappa shape index (κ1) is 15.3. The average Bonchev–Trinajstić information content (AvgIpc) is 3.07. The molecule has 1 aliphatic rings. The number of nitrogens with zero attached hydrogens (tertiary/aromatic N) is 4. The van der Waals surface area contributed by atoms with Crippen LogP contribution in [0.25, 0.3) is 5.52 Å². The molecule has 0 spiro atoms. The summed E-state index contributed by atoms with van der Waals surface area (Å²) in [5.74, 6) is 0.136. The molecule has 7 heteroatoms. The average molecular weight is 342 g/mol. The van der Waals surface area contributed by atoms with E-state index in [-0.39, 0.29) is 10.8 Å². The third-order valence-corrected chi connectivity index (χ3v) is 6.38. The summed E-state index contributed by atoms with van der Waals surface area (Å²) in [6.45, 7) is 0.999. The van der Waals surface area contributed by atoms with Gasteiger partial charge >= 0.3 is 0 Å². The van der Waals surface area contributed by atoms with E-state index in [4.69, 9.17) is 0 Å². The van der Waals surface area contributed by atoms with Crippen LogP contribution in [0.4, 0.5) is 0 Å². The van der Waals surface area contributed by atoms with Crippen molar-refractivity contribution in [3.8, 4) is 0 Å². The summed E-state index contributed by atoms with van der Waals surface area (Å²) >= 11 is 0. The molecule has 0 aliphatic carbocycles. The SMILES string of the molecule is O=S(=O)(c1cnn2ccccc12)N1CCCC(c2ccccn2)C1. The van der Waals surface area contributed by atoms with Gasteiger partial charge in [-0.1, -0.05) is 12.1 Å². The first-order valence-electron chi connectivity index (χ1n) is 8.00. The van der Waals surface area contributed by atoms with Crippen molar-refractivity contribution in [1.82, 2.24) is 18.9 Å². The number of sulfonamides is 1. The Morgan fingerprint density at radius 1 is 1.12 bits per heavy atom. The Kier molecular flexibility index (Phi) is 3.82. The third-order valence-electron chi connectivity index (χ3n) is 4.50. The highest BCUT2D eigenvalue weighted by atomic mass is 32.2. The molecule has 0 N–H and O–H groups in total. The van der Waals surface area contributed by atoms with E-state index in [2.05, 4.69) is 10.1 Å². The van der Waals surface area contributed by atoms with Crippen molar-refractivity contribution in [2.24, 2.45) is 0 Å². The molecule has 3 aromatic heterocycles. The molecule has 0 radical (unpaired) electrons. The Hall–Kier alpha value is -2.25. The number of piperidine rings is 1. The van der Waals surface area contributed by atoms with Crippen LogP contribution in [0, 0.1) is 0 Å². The molecular formula is C17H18N4O2S. The van der Waals surface area contributed by atoms with Crippen LogP contribution < -0.4 is 0 Å². The van der Waals surface area contributed by atoms with Crippen LogP contribution in [-0.2, 0) is 10.0 Å². The molecule has 4 heterocycles. The van der Waals surface area contributed by atoms with Crippen molar-refractivity contribution in [2.45, 2.75) is 23.7 Å². The van der Waals surface area contributed by atoms with E-state index in [9.17, 15) is 8.42 Å². The van der Waals surface area contributed by atoms with Crippen molar-refractivity contribution in [1.29, 1.82) is 0 Å². The van der Waals surface area contributed by atoms with Gasteiger partial charge in [-0.25, -0.2) is 12.9 Å². The third kappa shape index (κ3) is 2.59. The van der Waals surface area contributed by atoms with Crippen LogP contribution in [0.3, 0.4) is 0 Å². The summed E-state index contributed by atoms with van der Waals surface area (Å²) in [6, 6.07) is 11.2. The second-order valence-corrected chi connectivity index (χ2v) is 7.90. The zero-order valence-corrected chi connectivity index (χ0v) is 13.9. The van der Waals surface area contributed by atoms with Crippen molar-refractivity contribution in [2.75, 3.05) is 13.1 Å². The summed E-state index contributed by atoms with van der Waals surface area (Å²) in [7, 11) is -3.56. The summed E-state index contributed by atoms with van der Waals surface area (Å²) in [6.07, 6.45) is 6.74. The molecule has 0 saturated carbocycles. The van der Waals surface area contributed by atoms with E-state index in [0.717, 1.165) is 18.5 Å². The van der Waals surface area contributed by atoms with Gasteiger partial charge in [0.05, 0.1) is 11.7 Å². The normalized spacial score (nSPS) is 19.6. The molecule has 1 fully saturated rings. The molecule has 6 nitrogen and oxygen atoms in total. The first-order chi connectivity index (χ1) is 11.7. The van der Waals surface area contributed by atoms with Gasteiger partial charge in [0.15, 0.2) is 0 Å². The van der Waals surface area contributed by atoms with Gasteiger partial charge in [-0.2, -0.15) is 9.40 Å². The van der Waals surface area contributed by atoms with Crippen molar-refractivity contribution < 1.29 is 8.42 Å². The quantitative estimate of drug-likeness (QED) is 0.732. The van der Waals surface area contributed by atoms with E-state index < -0.39 is 10.0 Å². The maximum Gasteiger partial charge on any atom is 0.246 e. The number of hydrogen-bond donors (Lipinski definition) is 0. The first-order valence-corrected chi connectivity index (χ1v) is 9.44. The predicted octanol–water partition coefficient (Wildman–Crippen LogP) is 2.30. The molecule has 1 atom stereocenters. The number of pyridine rings is 2. The highest BCUT2D eigenvalue weighted by Crippen LogP contribution is 2.30. The van der Waals surface area contributed by atoms with Gasteiger partial charge in [0, 0.05) is 37.1 Å². The van der Waals surface area contributed by atoms with Crippen molar-refractivity contribution >= 4 is 15.5 Å². The van der Waals surface area contributed by atoms with Crippen molar-refractivity contribution in [3.05, 3.63) is 60.7 Å². The maximum absolute atomic E-state index is 13.1. The largest absolute Gasteiger partial charge is 0.261 e. The van der Waals surface area contributed by atoms with Crippen LogP contribution in [0.1, 0.15) is 24.5 Å². The second-order valence-electron chi connectivity index (χ2n) is 6.00. The lowest BCUT2D eigenvalue weighted by molar-refractivity contribution is 0.313. The van der Waals surface area contributed by atoms with E-state index in [1.165, 1.54) is 6.20 Å². The molecule has 0 aromatic carbocycles. The summed E-state index contributed by atoms with van der Waals surface area (Å²) in [5.41, 5.74) is 1.56. The Morgan fingerprint density at radius 2 is 2.00 bits per heavy atom. The van der Waals surface area contributed by atoms with Gasteiger partial charge in [0.25, 0.3) is 0 Å². The topological polar surface area (TPSA) is 67.6 Å². The Balaban J connectivity index is 1.67. The highest BCUT2D eigenvalue weighted by molar-refractivity contribution is 7.89. The van der Waals surface area contributed by atoms with Crippen LogP contribution >= 0.6 is 0 Å². The Bertz CT molecular complexity index is 953. The molecule has 124 valence electrons. The zero-order valence-electron chi connectivity index (χ0n) is 13.1. The summed E-state index contributed by atoms with van der Waals surface area (Å²) in [4.78, 5) is 4.66. The Labute approximate surface area is 140 Å². The maximum atomic E-state index is 13.1. The van der Waals surface area contributed by atoms with Gasteiger partial charge in [0.2, 0.25) is 10.0 Å². The standard InChI is InChI=1S/C17H18N4O2S/c22-24(23,17-12-19-21-11-4-2-8-16(17)21)20-10-5-6-14(13-20)15-7-1-3-9-18-15/h1-4,7-9,11-12,14H,5-6,10,13H2. The lowest BCUT2D eigenvalue weighted by Gasteiger charge is -2.31. The number of fused-ring (bicyclic) bond motifs is 1. The van der Waals surface area contributed by atoms with Crippen LogP contribution in [-0.4, -0.2) is 40.4 Å². The fraction of sp³-hybridized carbons (Fsp3) is 0.294. The highest BCUT2D eigenvalue weighted by Gasteiger charge is 2.33. The fourth-order valence-electron chi connectivity index (χ4n) is 3.27. The van der Waals surface area contributed by atoms with Gasteiger partial charge in [-0.15, -0.1) is 0 Å². The summed E-state index contributed by atoms with van der Waals surface area (Å²) < 4.78 is 29.3. The van der Waals surface area contributed by atoms with E-state index in [1.54, 1.807) is 27.3 Å². The molecule has 4 rings (SSSR count). The Morgan fingerprint density at radius 3 is 2.83 bits per heavy atom. The molecule has 1 saturated heterocycles. The van der Waals surface area contributed by atoms with Crippen LogP contribution in [0.15, 0.2) is 59.9 Å². The molecule has 1 unspecified atom stereocenters. The number of rotatable bonds is 3. The molecule has 1 aliphatic heterocycles. The van der Waals surface area contributed by atoms with E-state index in [1.807, 2.05) is 30.3 Å². The predicted molar refractivity (Wildman–Crippen MR) is 90.2 cm³/mol. The molecule has 0 amide bonds. The number of aromatic nitrogens is 3. The lowest BCUT2D eigenvalue weighted by atomic mass is 9.96. The second kappa shape index (κ2) is 5.99. The summed E-state index contributed by atoms with van der Waals surface area (Å²) in [5, 5.41) is 4.16. The minimum absolute atomic E-state index is 0.136. The monoisotopic (exact) mass is 342 g/mol. The molecule has 24 heavy (non-hydrogen) atoms. The zero-order chi connectivity index (χ0) is 16.6. The smallest absolute Gasteiger partial charge is 0.246 e. The minimum atomic E-state index is -3.56. The van der Waals surface area contributed by atoms with Gasteiger partial charge in [-0.05, 0) is 37.1 Å². The lowest BCUT2D eigenvalue weighted by Crippen LogP contribution is -2.39. The molecule has 0 bridgehead atoms. The molecule has 3 aromatic rings. The van der Waals surface area contributed by atoms with E-state index in [0.29, 0.717) is 18.6 Å². The van der Waals surface area contributed by atoms with Gasteiger partial charge in [0.1, 0.15) is 4.90 Å². The fourth-order valence-corrected chi connectivity index (χ4v) is 4.90. The minimum Gasteiger partial charge on any atom is -0.261 e. The van der Waals surface area contributed by atoms with Gasteiger partial charge in [-0.3, -0.25) is 4.98 Å². The van der Waals surface area contributed by atoms with Crippen molar-refractivity contribution in [3.63, 3.8) is 0 Å². The number of hydrogen-bond acceptors (Lipinski definition) is 4. The molecular weight excluding hydrogens is 324 g/mol. The van der Waals surface area contributed by atoms with Crippen LogP contribution in [0.2, 0.25) is 0 Å². The van der Waals surface area contributed by atoms with Crippen LogP contribution in [0.5, 0.6) is 0 Å².